The molecule has 0 radical (unpaired) electrons. The molecule has 4 heteroatoms. The predicted molar refractivity (Wildman–Crippen MR) is 70.4 cm³/mol. The van der Waals surface area contributed by atoms with E-state index < -0.39 is 5.60 Å². The van der Waals surface area contributed by atoms with Crippen molar-refractivity contribution in [3.63, 3.8) is 0 Å². The van der Waals surface area contributed by atoms with Gasteiger partial charge in [-0.1, -0.05) is 13.8 Å². The van der Waals surface area contributed by atoms with E-state index in [1.807, 2.05) is 34.6 Å². The first-order valence-corrected chi connectivity index (χ1v) is 6.86. The minimum absolute atomic E-state index is 0.0844. The van der Waals surface area contributed by atoms with Gasteiger partial charge in [0.1, 0.15) is 11.4 Å². The average Bonchev–Trinajstić information content (AvgIpc) is 2.54. The lowest BCUT2D eigenvalue weighted by Gasteiger charge is -2.28. The third-order valence-electron chi connectivity index (χ3n) is 3.11. The van der Waals surface area contributed by atoms with Gasteiger partial charge in [0.2, 0.25) is 0 Å². The van der Waals surface area contributed by atoms with Crippen LogP contribution in [-0.2, 0) is 9.53 Å². The second kappa shape index (κ2) is 5.72. The molecule has 0 aromatic heterocycles. The second-order valence-corrected chi connectivity index (χ2v) is 5.84. The van der Waals surface area contributed by atoms with Crippen LogP contribution in [0, 0.1) is 5.92 Å². The maximum atomic E-state index is 11.9. The Morgan fingerprint density at radius 2 is 1.89 bits per heavy atom. The molecule has 1 saturated heterocycles. The molecule has 1 aliphatic heterocycles. The van der Waals surface area contributed by atoms with Gasteiger partial charge in [0.25, 0.3) is 0 Å². The minimum atomic E-state index is -0.461. The maximum Gasteiger partial charge on any atom is 0.410 e. The minimum Gasteiger partial charge on any atom is -0.444 e. The van der Waals surface area contributed by atoms with Crippen LogP contribution in [0.4, 0.5) is 4.79 Å². The number of fused-ring (bicyclic) bond motifs is 2. The first-order chi connectivity index (χ1) is 8.35. The van der Waals surface area contributed by atoms with Crippen molar-refractivity contribution < 1.29 is 14.3 Å². The number of Topliss-reactive ketones (excluding diaryl/α,β-unsaturated/α-hetero) is 1. The number of rotatable bonds is 0. The molecule has 18 heavy (non-hydrogen) atoms. The lowest BCUT2D eigenvalue weighted by atomic mass is 9.89. The Balaban J connectivity index is 0.000000771. The average molecular weight is 255 g/mol. The van der Waals surface area contributed by atoms with Gasteiger partial charge in [-0.2, -0.15) is 0 Å². The largest absolute Gasteiger partial charge is 0.444 e. The van der Waals surface area contributed by atoms with Gasteiger partial charge >= 0.3 is 6.09 Å². The van der Waals surface area contributed by atoms with Gasteiger partial charge in [-0.3, -0.25) is 4.79 Å². The SMILES string of the molecule is CC.CC(C)(C)OC(=O)N1CC2CC(=O)CC1C2. The lowest BCUT2D eigenvalue weighted by molar-refractivity contribution is -0.121. The number of ether oxygens (including phenoxy) is 1. The topological polar surface area (TPSA) is 46.6 Å². The summed E-state index contributed by atoms with van der Waals surface area (Å²) in [5.74, 6) is 0.645. The van der Waals surface area contributed by atoms with Gasteiger partial charge in [-0.25, -0.2) is 4.79 Å². The van der Waals surface area contributed by atoms with E-state index in [2.05, 4.69) is 0 Å². The fourth-order valence-corrected chi connectivity index (χ4v) is 2.57. The highest BCUT2D eigenvalue weighted by atomic mass is 16.6. The van der Waals surface area contributed by atoms with Crippen LogP contribution in [0.15, 0.2) is 0 Å². The molecule has 1 saturated carbocycles. The van der Waals surface area contributed by atoms with Gasteiger partial charge in [0, 0.05) is 25.4 Å². The number of amides is 1. The molecule has 104 valence electrons. The van der Waals surface area contributed by atoms with Crippen molar-refractivity contribution in [3.8, 4) is 0 Å². The van der Waals surface area contributed by atoms with E-state index in [9.17, 15) is 9.59 Å². The van der Waals surface area contributed by atoms with Crippen LogP contribution in [0.25, 0.3) is 0 Å². The van der Waals surface area contributed by atoms with Crippen LogP contribution in [0.1, 0.15) is 53.9 Å². The summed E-state index contributed by atoms with van der Waals surface area (Å²) in [6.45, 7) is 10.3. The zero-order valence-corrected chi connectivity index (χ0v) is 12.2. The Morgan fingerprint density at radius 1 is 1.28 bits per heavy atom. The van der Waals surface area contributed by atoms with Crippen molar-refractivity contribution in [1.29, 1.82) is 0 Å². The summed E-state index contributed by atoms with van der Waals surface area (Å²) in [7, 11) is 0. The van der Waals surface area contributed by atoms with E-state index in [0.717, 1.165) is 6.42 Å². The number of ketones is 1. The lowest BCUT2D eigenvalue weighted by Crippen LogP contribution is -2.40. The fourth-order valence-electron chi connectivity index (χ4n) is 2.57. The molecule has 4 nitrogen and oxygen atoms in total. The van der Waals surface area contributed by atoms with Crippen molar-refractivity contribution in [2.75, 3.05) is 6.54 Å². The van der Waals surface area contributed by atoms with Crippen LogP contribution in [0.3, 0.4) is 0 Å². The first kappa shape index (κ1) is 15.0. The van der Waals surface area contributed by atoms with Gasteiger partial charge in [-0.05, 0) is 33.1 Å². The zero-order chi connectivity index (χ0) is 13.9. The first-order valence-electron chi connectivity index (χ1n) is 6.86. The molecule has 2 fully saturated rings. The predicted octanol–water partition coefficient (Wildman–Crippen LogP) is 3.00. The number of hydrogen-bond donors (Lipinski definition) is 0. The summed E-state index contributed by atoms with van der Waals surface area (Å²) >= 11 is 0. The summed E-state index contributed by atoms with van der Waals surface area (Å²) in [6.07, 6.45) is 1.84. The number of nitrogens with zero attached hydrogens (tertiary/aromatic N) is 1. The molecule has 2 bridgehead atoms. The quantitative estimate of drug-likeness (QED) is 0.668. The highest BCUT2D eigenvalue weighted by molar-refractivity contribution is 5.82. The summed E-state index contributed by atoms with van der Waals surface area (Å²) in [5, 5.41) is 0. The fraction of sp³-hybridized carbons (Fsp3) is 0.857. The normalized spacial score (nSPS) is 26.5. The number of carbonyl (C=O) groups is 2. The highest BCUT2D eigenvalue weighted by Gasteiger charge is 2.42. The number of hydrogen-bond acceptors (Lipinski definition) is 3. The molecular formula is C14H25NO3. The second-order valence-electron chi connectivity index (χ2n) is 5.84. The van der Waals surface area contributed by atoms with Crippen LogP contribution in [0.2, 0.25) is 0 Å². The molecule has 0 aromatic carbocycles. The standard InChI is InChI=1S/C12H19NO3.C2H6/c1-12(2,3)16-11(15)13-7-8-4-9(13)6-10(14)5-8;1-2/h8-9H,4-7H2,1-3H3;1-2H3. The monoisotopic (exact) mass is 255 g/mol. The van der Waals surface area contributed by atoms with Crippen molar-refractivity contribution in [1.82, 2.24) is 4.90 Å². The maximum absolute atomic E-state index is 11.9. The van der Waals surface area contributed by atoms with Crippen molar-refractivity contribution in [2.24, 2.45) is 5.92 Å². The highest BCUT2D eigenvalue weighted by Crippen LogP contribution is 2.34. The van der Waals surface area contributed by atoms with Crippen LogP contribution in [-0.4, -0.2) is 35.0 Å². The molecular weight excluding hydrogens is 230 g/mol. The number of likely N-dealkylation sites (tertiary alicyclic amines) is 1. The van der Waals surface area contributed by atoms with E-state index in [1.54, 1.807) is 4.90 Å². The summed E-state index contributed by atoms with van der Waals surface area (Å²) in [5.41, 5.74) is -0.461. The molecule has 2 unspecified atom stereocenters. The summed E-state index contributed by atoms with van der Waals surface area (Å²) < 4.78 is 5.34. The van der Waals surface area contributed by atoms with E-state index in [-0.39, 0.29) is 17.9 Å². The molecule has 0 aromatic rings. The van der Waals surface area contributed by atoms with Crippen LogP contribution < -0.4 is 0 Å². The molecule has 2 rings (SSSR count). The molecule has 2 aliphatic rings. The van der Waals surface area contributed by atoms with E-state index in [4.69, 9.17) is 4.74 Å². The molecule has 1 aliphatic carbocycles. The van der Waals surface area contributed by atoms with Gasteiger partial charge in [-0.15, -0.1) is 0 Å². The molecule has 2 atom stereocenters. The van der Waals surface area contributed by atoms with Gasteiger partial charge in [0.05, 0.1) is 0 Å². The molecule has 0 spiro atoms. The Hall–Kier alpha value is -1.06. The smallest absolute Gasteiger partial charge is 0.410 e. The van der Waals surface area contributed by atoms with Crippen molar-refractivity contribution in [3.05, 3.63) is 0 Å². The molecule has 1 heterocycles. The van der Waals surface area contributed by atoms with E-state index in [0.29, 0.717) is 25.3 Å². The summed E-state index contributed by atoms with van der Waals surface area (Å²) in [4.78, 5) is 25.0. The number of carbonyl (C=O) groups excluding carboxylic acids is 2. The third-order valence-corrected chi connectivity index (χ3v) is 3.11. The third kappa shape index (κ3) is 3.72. The molecule has 0 N–H and O–H groups in total. The van der Waals surface area contributed by atoms with Gasteiger partial charge in [0.15, 0.2) is 0 Å². The Morgan fingerprint density at radius 3 is 2.44 bits per heavy atom. The van der Waals surface area contributed by atoms with E-state index >= 15 is 0 Å². The van der Waals surface area contributed by atoms with Crippen molar-refractivity contribution in [2.45, 2.75) is 65.5 Å². The van der Waals surface area contributed by atoms with E-state index in [1.165, 1.54) is 0 Å². The Kier molecular flexibility index (Phi) is 4.77. The summed E-state index contributed by atoms with van der Waals surface area (Å²) in [6, 6.07) is 0.0844. The molecule has 1 amide bonds. The Bertz CT molecular complexity index is 319. The van der Waals surface area contributed by atoms with Gasteiger partial charge < -0.3 is 9.64 Å². The van der Waals surface area contributed by atoms with Crippen LogP contribution >= 0.6 is 0 Å². The van der Waals surface area contributed by atoms with Crippen molar-refractivity contribution >= 4 is 11.9 Å². The zero-order valence-electron chi connectivity index (χ0n) is 12.2. The van der Waals surface area contributed by atoms with Crippen LogP contribution in [0.5, 0.6) is 0 Å². The Labute approximate surface area is 110 Å².